The molecular formula is C18H21N3O3. The lowest BCUT2D eigenvalue weighted by Gasteiger charge is -2.49. The van der Waals surface area contributed by atoms with Crippen LogP contribution in [0.2, 0.25) is 0 Å². The molecule has 0 aromatic carbocycles. The van der Waals surface area contributed by atoms with Crippen LogP contribution >= 0.6 is 0 Å². The van der Waals surface area contributed by atoms with Gasteiger partial charge in [-0.15, -0.1) is 0 Å². The van der Waals surface area contributed by atoms with Crippen molar-refractivity contribution in [2.45, 2.75) is 38.8 Å². The van der Waals surface area contributed by atoms with Crippen molar-refractivity contribution in [1.29, 1.82) is 0 Å². The molecule has 1 amide bonds. The number of nitrogens with zero attached hydrogens (tertiary/aromatic N) is 2. The molecule has 2 bridgehead atoms. The SMILES string of the molecule is CC(=O)c1coc2cnc(C(=O)N[C@@H]3C4CCN(CC4)[C@H]3C)cc12. The van der Waals surface area contributed by atoms with Crippen molar-refractivity contribution in [2.24, 2.45) is 5.92 Å². The third-order valence-corrected chi connectivity index (χ3v) is 5.55. The van der Waals surface area contributed by atoms with E-state index in [2.05, 4.69) is 22.1 Å². The van der Waals surface area contributed by atoms with Gasteiger partial charge in [-0.25, -0.2) is 4.98 Å². The Labute approximate surface area is 140 Å². The van der Waals surface area contributed by atoms with Crippen LogP contribution in [0, 0.1) is 5.92 Å². The van der Waals surface area contributed by atoms with E-state index in [1.807, 2.05) is 0 Å². The smallest absolute Gasteiger partial charge is 0.270 e. The van der Waals surface area contributed by atoms with Gasteiger partial charge >= 0.3 is 0 Å². The molecule has 2 atom stereocenters. The lowest BCUT2D eigenvalue weighted by Crippen LogP contribution is -2.62. The van der Waals surface area contributed by atoms with Gasteiger partial charge in [-0.3, -0.25) is 14.5 Å². The highest BCUT2D eigenvalue weighted by Gasteiger charge is 2.40. The summed E-state index contributed by atoms with van der Waals surface area (Å²) in [6.07, 6.45) is 5.21. The molecule has 2 aromatic rings. The normalized spacial score (nSPS) is 28.9. The van der Waals surface area contributed by atoms with E-state index in [4.69, 9.17) is 4.42 Å². The molecule has 0 unspecified atom stereocenters. The zero-order valence-electron chi connectivity index (χ0n) is 13.9. The summed E-state index contributed by atoms with van der Waals surface area (Å²) in [6, 6.07) is 2.16. The highest BCUT2D eigenvalue weighted by Crippen LogP contribution is 2.32. The number of aromatic nitrogens is 1. The Morgan fingerprint density at radius 3 is 2.75 bits per heavy atom. The van der Waals surface area contributed by atoms with Crippen LogP contribution in [0.1, 0.15) is 47.5 Å². The second-order valence-corrected chi connectivity index (χ2v) is 6.88. The van der Waals surface area contributed by atoms with Gasteiger partial charge in [-0.05, 0) is 51.8 Å². The highest BCUT2D eigenvalue weighted by molar-refractivity contribution is 6.07. The van der Waals surface area contributed by atoms with Crippen molar-refractivity contribution in [3.63, 3.8) is 0 Å². The van der Waals surface area contributed by atoms with Gasteiger partial charge in [0.05, 0.1) is 11.8 Å². The summed E-state index contributed by atoms with van der Waals surface area (Å²) in [5, 5.41) is 3.81. The molecule has 6 nitrogen and oxygen atoms in total. The lowest BCUT2D eigenvalue weighted by atomic mass is 9.79. The number of piperidine rings is 3. The van der Waals surface area contributed by atoms with Gasteiger partial charge in [-0.2, -0.15) is 0 Å². The first-order valence-electron chi connectivity index (χ1n) is 8.47. The minimum absolute atomic E-state index is 0.0858. The number of furan rings is 1. The Balaban J connectivity index is 1.59. The van der Waals surface area contributed by atoms with Crippen molar-refractivity contribution in [2.75, 3.05) is 13.1 Å². The summed E-state index contributed by atoms with van der Waals surface area (Å²) in [7, 11) is 0. The fourth-order valence-corrected chi connectivity index (χ4v) is 4.10. The number of carbonyl (C=O) groups excluding carboxylic acids is 2. The van der Waals surface area contributed by atoms with Crippen molar-refractivity contribution in [3.8, 4) is 0 Å². The van der Waals surface area contributed by atoms with Gasteiger partial charge in [0.25, 0.3) is 5.91 Å². The Hall–Kier alpha value is -2.21. The number of hydrogen-bond donors (Lipinski definition) is 1. The lowest BCUT2D eigenvalue weighted by molar-refractivity contribution is 0.0216. The van der Waals surface area contributed by atoms with Crippen molar-refractivity contribution in [1.82, 2.24) is 15.2 Å². The molecule has 3 fully saturated rings. The van der Waals surface area contributed by atoms with E-state index in [9.17, 15) is 9.59 Å². The molecule has 3 aliphatic heterocycles. The summed E-state index contributed by atoms with van der Waals surface area (Å²) >= 11 is 0. The fourth-order valence-electron chi connectivity index (χ4n) is 4.10. The van der Waals surface area contributed by atoms with Gasteiger partial charge in [-0.1, -0.05) is 0 Å². The molecular weight excluding hydrogens is 306 g/mol. The van der Waals surface area contributed by atoms with Crippen molar-refractivity contribution >= 4 is 22.7 Å². The molecule has 126 valence electrons. The third-order valence-electron chi connectivity index (χ3n) is 5.55. The Morgan fingerprint density at radius 1 is 1.33 bits per heavy atom. The molecule has 5 heterocycles. The second kappa shape index (κ2) is 5.70. The molecule has 0 radical (unpaired) electrons. The molecule has 24 heavy (non-hydrogen) atoms. The first-order valence-corrected chi connectivity index (χ1v) is 8.47. The Bertz CT molecular complexity index is 803. The third kappa shape index (κ3) is 2.41. The number of ketones is 1. The summed E-state index contributed by atoms with van der Waals surface area (Å²) in [4.78, 5) is 31.0. The number of nitrogens with one attached hydrogen (secondary N) is 1. The number of pyridine rings is 1. The van der Waals surface area contributed by atoms with Crippen LogP contribution in [0.3, 0.4) is 0 Å². The maximum atomic E-state index is 12.7. The number of carbonyl (C=O) groups is 2. The van der Waals surface area contributed by atoms with E-state index in [0.29, 0.717) is 34.2 Å². The molecule has 2 aromatic heterocycles. The van der Waals surface area contributed by atoms with Gasteiger partial charge in [0.2, 0.25) is 0 Å². The van der Waals surface area contributed by atoms with Crippen LogP contribution in [0.4, 0.5) is 0 Å². The molecule has 3 saturated heterocycles. The number of rotatable bonds is 3. The predicted octanol–water partition coefficient (Wildman–Crippen LogP) is 2.24. The summed E-state index contributed by atoms with van der Waals surface area (Å²) in [5.41, 5.74) is 1.33. The van der Waals surface area contributed by atoms with E-state index in [1.165, 1.54) is 19.4 Å². The van der Waals surface area contributed by atoms with Gasteiger partial charge in [0.1, 0.15) is 12.0 Å². The topological polar surface area (TPSA) is 75.4 Å². The zero-order valence-corrected chi connectivity index (χ0v) is 13.9. The average Bonchev–Trinajstić information content (AvgIpc) is 3.01. The molecule has 1 N–H and O–H groups in total. The quantitative estimate of drug-likeness (QED) is 0.875. The van der Waals surface area contributed by atoms with Crippen LogP contribution in [0.25, 0.3) is 11.0 Å². The minimum atomic E-state index is -0.182. The predicted molar refractivity (Wildman–Crippen MR) is 89.0 cm³/mol. The minimum Gasteiger partial charge on any atom is -0.462 e. The zero-order chi connectivity index (χ0) is 16.8. The van der Waals surface area contributed by atoms with Crippen LogP contribution in [0.15, 0.2) is 22.9 Å². The van der Waals surface area contributed by atoms with Crippen molar-refractivity contribution in [3.05, 3.63) is 29.8 Å². The summed E-state index contributed by atoms with van der Waals surface area (Å²) in [6.45, 7) is 5.91. The Kier molecular flexibility index (Phi) is 3.64. The number of hydrogen-bond acceptors (Lipinski definition) is 5. The van der Waals surface area contributed by atoms with E-state index in [0.717, 1.165) is 25.9 Å². The number of fused-ring (bicyclic) bond motifs is 4. The maximum Gasteiger partial charge on any atom is 0.270 e. The standard InChI is InChI=1S/C18H21N3O3/c1-10-17(12-3-5-21(10)6-4-12)20-18(23)15-7-13-14(11(2)22)9-24-16(13)8-19-15/h7-10,12,17H,3-6H2,1-2H3,(H,20,23)/t10-,17-/m0/s1. The largest absolute Gasteiger partial charge is 0.462 e. The van der Waals surface area contributed by atoms with Crippen LogP contribution in [-0.4, -0.2) is 46.7 Å². The number of amides is 1. The van der Waals surface area contributed by atoms with Gasteiger partial charge < -0.3 is 9.73 Å². The maximum absolute atomic E-state index is 12.7. The molecule has 0 saturated carbocycles. The first-order chi connectivity index (χ1) is 11.5. The van der Waals surface area contributed by atoms with E-state index >= 15 is 0 Å². The molecule has 5 rings (SSSR count). The summed E-state index contributed by atoms with van der Waals surface area (Å²) < 4.78 is 5.33. The second-order valence-electron chi connectivity index (χ2n) is 6.88. The van der Waals surface area contributed by atoms with Gasteiger partial charge in [0.15, 0.2) is 11.4 Å². The van der Waals surface area contributed by atoms with Crippen molar-refractivity contribution < 1.29 is 14.0 Å². The van der Waals surface area contributed by atoms with Crippen LogP contribution in [-0.2, 0) is 0 Å². The average molecular weight is 327 g/mol. The monoisotopic (exact) mass is 327 g/mol. The van der Waals surface area contributed by atoms with E-state index in [-0.39, 0.29) is 17.7 Å². The van der Waals surface area contributed by atoms with E-state index in [1.54, 1.807) is 6.07 Å². The van der Waals surface area contributed by atoms with Crippen LogP contribution < -0.4 is 5.32 Å². The summed E-state index contributed by atoms with van der Waals surface area (Å²) in [5.74, 6) is 0.273. The number of Topliss-reactive ketones (excluding diaryl/α,β-unsaturated/α-hetero) is 1. The fraction of sp³-hybridized carbons (Fsp3) is 0.500. The van der Waals surface area contributed by atoms with Crippen LogP contribution in [0.5, 0.6) is 0 Å². The highest BCUT2D eigenvalue weighted by atomic mass is 16.3. The first kappa shape index (κ1) is 15.3. The molecule has 6 heteroatoms. The van der Waals surface area contributed by atoms with E-state index < -0.39 is 0 Å². The molecule has 0 spiro atoms. The van der Waals surface area contributed by atoms with Gasteiger partial charge in [0, 0.05) is 17.5 Å². The molecule has 0 aliphatic carbocycles. The molecule has 3 aliphatic rings. The Morgan fingerprint density at radius 2 is 2.08 bits per heavy atom.